The molecule has 0 aliphatic carbocycles. The second kappa shape index (κ2) is 8.94. The number of carbonyl (C=O) groups is 3. The lowest BCUT2D eigenvalue weighted by Crippen LogP contribution is -2.47. The Morgan fingerprint density at radius 1 is 1.21 bits per heavy atom. The summed E-state index contributed by atoms with van der Waals surface area (Å²) >= 11 is 0. The molecule has 0 aromatic carbocycles. The highest BCUT2D eigenvalue weighted by Gasteiger charge is 2.12. The lowest BCUT2D eigenvalue weighted by atomic mass is 10.5. The summed E-state index contributed by atoms with van der Waals surface area (Å²) in [5.74, 6) is 0. The first-order chi connectivity index (χ1) is 8.97. The first-order valence-electron chi connectivity index (χ1n) is 4.87. The topological polar surface area (TPSA) is 141 Å². The van der Waals surface area contributed by atoms with Gasteiger partial charge in [0.25, 0.3) is 0 Å². The number of aromatic nitrogens is 1. The molecule has 0 saturated carbocycles. The highest BCUT2D eigenvalue weighted by atomic mass is 16.2. The number of pyridine rings is 1. The van der Waals surface area contributed by atoms with Gasteiger partial charge in [0.15, 0.2) is 6.19 Å². The van der Waals surface area contributed by atoms with Crippen LogP contribution < -0.4 is 16.4 Å². The number of nitrogens with zero attached hydrogens (tertiary/aromatic N) is 3. The third kappa shape index (κ3) is 8.64. The van der Waals surface area contributed by atoms with Gasteiger partial charge in [0.05, 0.1) is 0 Å². The lowest BCUT2D eigenvalue weighted by molar-refractivity contribution is 0.215. The number of hydrogen-bond donors (Lipinski definition) is 3. The molecule has 1 aromatic rings. The second-order valence-corrected chi connectivity index (χ2v) is 2.93. The molecule has 0 unspecified atom stereocenters. The van der Waals surface area contributed by atoms with Crippen LogP contribution in [0.15, 0.2) is 30.6 Å². The minimum atomic E-state index is -1.09. The molecule has 0 aliphatic heterocycles. The van der Waals surface area contributed by atoms with Crippen molar-refractivity contribution in [2.45, 2.75) is 0 Å². The van der Waals surface area contributed by atoms with Crippen molar-refractivity contribution in [1.82, 2.24) is 20.5 Å². The molecule has 1 heterocycles. The number of primary amides is 1. The Bertz CT molecular complexity index is 443. The van der Waals surface area contributed by atoms with Crippen LogP contribution in [0.1, 0.15) is 0 Å². The maximum absolute atomic E-state index is 10.7. The average molecular weight is 264 g/mol. The van der Waals surface area contributed by atoms with Gasteiger partial charge < -0.3 is 5.73 Å². The lowest BCUT2D eigenvalue weighted by Gasteiger charge is -2.07. The Morgan fingerprint density at radius 3 is 2.11 bits per heavy atom. The fraction of sp³-hybridized carbons (Fsp3) is 0.100. The maximum atomic E-state index is 10.7. The van der Waals surface area contributed by atoms with Crippen molar-refractivity contribution in [3.05, 3.63) is 30.6 Å². The summed E-state index contributed by atoms with van der Waals surface area (Å²) in [6.07, 6.45) is 4.95. The monoisotopic (exact) mass is 264 g/mol. The molecular formula is C10H12N6O3. The molecule has 9 heteroatoms. The second-order valence-electron chi connectivity index (χ2n) is 2.93. The van der Waals surface area contributed by atoms with Crippen molar-refractivity contribution in [3.8, 4) is 6.19 Å². The zero-order valence-corrected chi connectivity index (χ0v) is 10.0. The maximum Gasteiger partial charge on any atom is 0.338 e. The molecule has 1 rings (SSSR count). The van der Waals surface area contributed by atoms with Crippen molar-refractivity contribution >= 4 is 18.1 Å². The molecule has 0 bridgehead atoms. The number of carbonyl (C=O) groups excluding carboxylic acids is 3. The van der Waals surface area contributed by atoms with E-state index in [1.54, 1.807) is 23.0 Å². The summed E-state index contributed by atoms with van der Waals surface area (Å²) in [6, 6.07) is 2.58. The zero-order valence-electron chi connectivity index (χ0n) is 10.0. The van der Waals surface area contributed by atoms with E-state index in [1.165, 1.54) is 6.19 Å². The quantitative estimate of drug-likeness (QED) is 0.446. The highest BCUT2D eigenvalue weighted by Crippen LogP contribution is 1.79. The first-order valence-corrected chi connectivity index (χ1v) is 4.87. The van der Waals surface area contributed by atoms with Crippen LogP contribution in [0.3, 0.4) is 0 Å². The molecule has 0 atom stereocenters. The van der Waals surface area contributed by atoms with Crippen molar-refractivity contribution in [3.63, 3.8) is 0 Å². The van der Waals surface area contributed by atoms with Crippen LogP contribution in [-0.2, 0) is 0 Å². The Kier molecular flexibility index (Phi) is 7.46. The summed E-state index contributed by atoms with van der Waals surface area (Å²) in [6.45, 7) is 0. The number of nitrogens with one attached hydrogen (secondary N) is 2. The van der Waals surface area contributed by atoms with Crippen molar-refractivity contribution in [2.24, 2.45) is 5.73 Å². The molecule has 4 N–H and O–H groups in total. The van der Waals surface area contributed by atoms with Crippen molar-refractivity contribution < 1.29 is 14.4 Å². The van der Waals surface area contributed by atoms with Crippen LogP contribution in [0.2, 0.25) is 0 Å². The number of amides is 6. The smallest absolute Gasteiger partial charge is 0.338 e. The summed E-state index contributed by atoms with van der Waals surface area (Å²) in [7, 11) is 1.15. The van der Waals surface area contributed by atoms with E-state index in [0.717, 1.165) is 7.05 Å². The molecule has 6 amide bonds. The molecule has 0 spiro atoms. The SMILES string of the molecule is CN(C#N)C(=O)NC(=O)NC(N)=O.c1ccncc1. The Labute approximate surface area is 109 Å². The van der Waals surface area contributed by atoms with Crippen LogP contribution in [0.25, 0.3) is 0 Å². The minimum Gasteiger partial charge on any atom is -0.351 e. The van der Waals surface area contributed by atoms with E-state index in [0.29, 0.717) is 4.90 Å². The fourth-order valence-electron chi connectivity index (χ4n) is 0.682. The molecule has 1 aromatic heterocycles. The number of nitrogens with two attached hydrogens (primary N) is 1. The van der Waals surface area contributed by atoms with Crippen LogP contribution in [-0.4, -0.2) is 35.0 Å². The Morgan fingerprint density at radius 2 is 1.79 bits per heavy atom. The number of rotatable bonds is 0. The van der Waals surface area contributed by atoms with E-state index in [2.05, 4.69) is 10.7 Å². The minimum absolute atomic E-state index is 0.570. The molecule has 100 valence electrons. The van der Waals surface area contributed by atoms with E-state index in [9.17, 15) is 14.4 Å². The van der Waals surface area contributed by atoms with E-state index >= 15 is 0 Å². The standard InChI is InChI=1S/C5H7N5O3.C5H5N/c1-10(2-6)5(13)9-4(12)8-3(7)11;1-2-4-6-5-3-1/h1H3,(H4,7,8,9,11,12,13);1-5H. The molecule has 0 saturated heterocycles. The summed E-state index contributed by atoms with van der Waals surface area (Å²) in [5.41, 5.74) is 4.58. The van der Waals surface area contributed by atoms with E-state index in [4.69, 9.17) is 5.26 Å². The van der Waals surface area contributed by atoms with Gasteiger partial charge in [-0.15, -0.1) is 0 Å². The highest BCUT2D eigenvalue weighted by molar-refractivity contribution is 6.00. The number of urea groups is 3. The van der Waals surface area contributed by atoms with Crippen molar-refractivity contribution in [1.29, 1.82) is 5.26 Å². The number of nitriles is 1. The molecule has 9 nitrogen and oxygen atoms in total. The van der Waals surface area contributed by atoms with E-state index in [1.807, 2.05) is 18.2 Å². The van der Waals surface area contributed by atoms with Gasteiger partial charge >= 0.3 is 18.1 Å². The number of hydrogen-bond acceptors (Lipinski definition) is 5. The molecule has 19 heavy (non-hydrogen) atoms. The predicted octanol–water partition coefficient (Wildman–Crippen LogP) is -0.0212. The van der Waals surface area contributed by atoms with Crippen LogP contribution >= 0.6 is 0 Å². The van der Waals surface area contributed by atoms with Crippen LogP contribution in [0.4, 0.5) is 14.4 Å². The van der Waals surface area contributed by atoms with Gasteiger partial charge in [-0.25, -0.2) is 19.3 Å². The zero-order chi connectivity index (χ0) is 14.7. The Hall–Kier alpha value is -3.15. The van der Waals surface area contributed by atoms with Gasteiger partial charge in [0, 0.05) is 19.4 Å². The Balaban J connectivity index is 0.000000443. The van der Waals surface area contributed by atoms with Gasteiger partial charge in [-0.2, -0.15) is 5.26 Å². The summed E-state index contributed by atoms with van der Waals surface area (Å²) in [4.78, 5) is 35.8. The summed E-state index contributed by atoms with van der Waals surface area (Å²) < 4.78 is 0. The number of imide groups is 2. The van der Waals surface area contributed by atoms with Gasteiger partial charge in [-0.05, 0) is 12.1 Å². The molecule has 0 radical (unpaired) electrons. The van der Waals surface area contributed by atoms with Gasteiger partial charge in [0.2, 0.25) is 0 Å². The van der Waals surface area contributed by atoms with Crippen molar-refractivity contribution in [2.75, 3.05) is 7.05 Å². The third-order valence-corrected chi connectivity index (χ3v) is 1.48. The normalized spacial score (nSPS) is 8.00. The third-order valence-electron chi connectivity index (χ3n) is 1.48. The summed E-state index contributed by atoms with van der Waals surface area (Å²) in [5, 5.41) is 11.5. The molecular weight excluding hydrogens is 252 g/mol. The van der Waals surface area contributed by atoms with Crippen LogP contribution in [0.5, 0.6) is 0 Å². The van der Waals surface area contributed by atoms with E-state index < -0.39 is 18.1 Å². The van der Waals surface area contributed by atoms with E-state index in [-0.39, 0.29) is 0 Å². The van der Waals surface area contributed by atoms with Gasteiger partial charge in [-0.3, -0.25) is 15.6 Å². The van der Waals surface area contributed by atoms with Crippen LogP contribution in [0, 0.1) is 11.5 Å². The molecule has 0 fully saturated rings. The fourth-order valence-corrected chi connectivity index (χ4v) is 0.682. The largest absolute Gasteiger partial charge is 0.351 e. The van der Waals surface area contributed by atoms with Gasteiger partial charge in [0.1, 0.15) is 0 Å². The van der Waals surface area contributed by atoms with Gasteiger partial charge in [-0.1, -0.05) is 6.07 Å². The molecule has 0 aliphatic rings. The predicted molar refractivity (Wildman–Crippen MR) is 64.3 cm³/mol. The first kappa shape index (κ1) is 15.9. The average Bonchev–Trinajstić information content (AvgIpc) is 2.39.